The molecule has 3 N–H and O–H groups in total. The summed E-state index contributed by atoms with van der Waals surface area (Å²) in [6.07, 6.45) is 1.40. The quantitative estimate of drug-likeness (QED) is 0.870. The van der Waals surface area contributed by atoms with Crippen molar-refractivity contribution in [2.75, 3.05) is 5.32 Å². The molecular weight excluding hydrogens is 264 g/mol. The third-order valence-corrected chi connectivity index (χ3v) is 3.25. The van der Waals surface area contributed by atoms with Crippen molar-refractivity contribution in [1.82, 2.24) is 0 Å². The van der Waals surface area contributed by atoms with Crippen LogP contribution in [0.15, 0.2) is 18.2 Å². The average molecular weight is 283 g/mol. The summed E-state index contributed by atoms with van der Waals surface area (Å²) >= 11 is 6.20. The Morgan fingerprint density at radius 2 is 2.05 bits per heavy atom. The summed E-state index contributed by atoms with van der Waals surface area (Å²) in [4.78, 5) is 11.6. The molecule has 104 valence electrons. The zero-order chi connectivity index (χ0) is 14.3. The fourth-order valence-corrected chi connectivity index (χ4v) is 2.19. The summed E-state index contributed by atoms with van der Waals surface area (Å²) in [5.41, 5.74) is 6.84. The van der Waals surface area contributed by atoms with Crippen molar-refractivity contribution < 1.29 is 9.53 Å². The molecule has 0 radical (unpaired) electrons. The van der Waals surface area contributed by atoms with Gasteiger partial charge < -0.3 is 10.5 Å². The molecule has 1 aromatic rings. The van der Waals surface area contributed by atoms with Gasteiger partial charge in [0.15, 0.2) is 0 Å². The highest BCUT2D eigenvalue weighted by atomic mass is 35.5. The van der Waals surface area contributed by atoms with Crippen molar-refractivity contribution in [3.8, 4) is 0 Å². The van der Waals surface area contributed by atoms with E-state index in [4.69, 9.17) is 22.1 Å². The molecule has 1 fully saturated rings. The number of carbonyl (C=O) groups excluding carboxylic acids is 1. The van der Waals surface area contributed by atoms with Gasteiger partial charge in [-0.05, 0) is 51.3 Å². The van der Waals surface area contributed by atoms with Crippen LogP contribution < -0.4 is 11.1 Å². The summed E-state index contributed by atoms with van der Waals surface area (Å²) < 4.78 is 5.17. The lowest BCUT2D eigenvalue weighted by molar-refractivity contribution is 0.0636. The van der Waals surface area contributed by atoms with Crippen LogP contribution in [0.3, 0.4) is 0 Å². The maximum Gasteiger partial charge on any atom is 0.412 e. The summed E-state index contributed by atoms with van der Waals surface area (Å²) in [7, 11) is 0. The standard InChI is InChI=1S/C14H19ClN2O2/c1-13(2,3)19-12(18)17-9-4-5-10(11(15)8-9)14(16)6-7-14/h4-5,8H,6-7,16H2,1-3H3,(H,17,18). The zero-order valence-corrected chi connectivity index (χ0v) is 12.2. The minimum Gasteiger partial charge on any atom is -0.444 e. The van der Waals surface area contributed by atoms with E-state index in [2.05, 4.69) is 5.32 Å². The molecule has 0 aromatic heterocycles. The second-order valence-corrected chi connectivity index (χ2v) is 6.38. The summed E-state index contributed by atoms with van der Waals surface area (Å²) in [5.74, 6) is 0. The van der Waals surface area contributed by atoms with E-state index in [0.29, 0.717) is 10.7 Å². The molecule has 5 heteroatoms. The van der Waals surface area contributed by atoms with E-state index in [9.17, 15) is 4.79 Å². The van der Waals surface area contributed by atoms with Gasteiger partial charge in [0.2, 0.25) is 0 Å². The average Bonchev–Trinajstić information content (AvgIpc) is 2.94. The third-order valence-electron chi connectivity index (χ3n) is 2.94. The second kappa shape index (κ2) is 4.69. The van der Waals surface area contributed by atoms with E-state index < -0.39 is 11.7 Å². The van der Waals surface area contributed by atoms with Gasteiger partial charge in [-0.1, -0.05) is 17.7 Å². The predicted octanol–water partition coefficient (Wildman–Crippen LogP) is 3.63. The summed E-state index contributed by atoms with van der Waals surface area (Å²) in [6, 6.07) is 5.35. The van der Waals surface area contributed by atoms with Gasteiger partial charge in [-0.2, -0.15) is 0 Å². The number of anilines is 1. The molecule has 0 atom stereocenters. The molecule has 2 rings (SSSR count). The number of amides is 1. The zero-order valence-electron chi connectivity index (χ0n) is 11.4. The fourth-order valence-electron chi connectivity index (χ4n) is 1.82. The first-order valence-corrected chi connectivity index (χ1v) is 6.66. The SMILES string of the molecule is CC(C)(C)OC(=O)Nc1ccc(C2(N)CC2)c(Cl)c1. The van der Waals surface area contributed by atoms with Gasteiger partial charge in [-0.25, -0.2) is 4.79 Å². The first kappa shape index (κ1) is 14.2. The number of nitrogens with two attached hydrogens (primary N) is 1. The van der Waals surface area contributed by atoms with Gasteiger partial charge in [0, 0.05) is 16.2 Å². The van der Waals surface area contributed by atoms with Crippen molar-refractivity contribution in [3.63, 3.8) is 0 Å². The van der Waals surface area contributed by atoms with Crippen LogP contribution in [0.25, 0.3) is 0 Å². The molecule has 0 bridgehead atoms. The second-order valence-electron chi connectivity index (χ2n) is 5.98. The highest BCUT2D eigenvalue weighted by molar-refractivity contribution is 6.31. The number of nitrogens with one attached hydrogen (secondary N) is 1. The topological polar surface area (TPSA) is 64.3 Å². The molecule has 1 aliphatic rings. The van der Waals surface area contributed by atoms with Gasteiger partial charge in [0.1, 0.15) is 5.60 Å². The normalized spacial score (nSPS) is 16.9. The lowest BCUT2D eigenvalue weighted by atomic mass is 10.1. The molecule has 19 heavy (non-hydrogen) atoms. The third kappa shape index (κ3) is 3.61. The number of hydrogen-bond acceptors (Lipinski definition) is 3. The molecule has 0 spiro atoms. The van der Waals surface area contributed by atoms with E-state index in [1.165, 1.54) is 0 Å². The predicted molar refractivity (Wildman–Crippen MR) is 76.4 cm³/mol. The minimum absolute atomic E-state index is 0.276. The van der Waals surface area contributed by atoms with Crippen molar-refractivity contribution in [2.45, 2.75) is 44.8 Å². The number of carbonyl (C=O) groups is 1. The van der Waals surface area contributed by atoms with Crippen molar-refractivity contribution in [1.29, 1.82) is 0 Å². The maximum absolute atomic E-state index is 11.6. The van der Waals surface area contributed by atoms with Gasteiger partial charge in [-0.15, -0.1) is 0 Å². The van der Waals surface area contributed by atoms with Crippen molar-refractivity contribution in [2.24, 2.45) is 5.73 Å². The molecule has 0 heterocycles. The molecule has 0 aliphatic heterocycles. The fraction of sp³-hybridized carbons (Fsp3) is 0.500. The summed E-state index contributed by atoms with van der Waals surface area (Å²) in [6.45, 7) is 5.44. The Balaban J connectivity index is 2.06. The Kier molecular flexibility index (Phi) is 3.49. The van der Waals surface area contributed by atoms with E-state index in [1.54, 1.807) is 12.1 Å². The van der Waals surface area contributed by atoms with Crippen LogP contribution in [0.5, 0.6) is 0 Å². The van der Waals surface area contributed by atoms with Crippen LogP contribution >= 0.6 is 11.6 Å². The van der Waals surface area contributed by atoms with Crippen molar-refractivity contribution >= 4 is 23.4 Å². The molecule has 0 saturated heterocycles. The molecule has 4 nitrogen and oxygen atoms in total. The van der Waals surface area contributed by atoms with Gasteiger partial charge in [-0.3, -0.25) is 5.32 Å². The molecule has 1 aliphatic carbocycles. The van der Waals surface area contributed by atoms with E-state index in [1.807, 2.05) is 26.8 Å². The highest BCUT2D eigenvalue weighted by Crippen LogP contribution is 2.45. The molecule has 1 aromatic carbocycles. The Bertz CT molecular complexity index is 505. The first-order chi connectivity index (χ1) is 8.70. The van der Waals surface area contributed by atoms with Gasteiger partial charge >= 0.3 is 6.09 Å². The lowest BCUT2D eigenvalue weighted by Gasteiger charge is -2.20. The number of ether oxygens (including phenoxy) is 1. The molecule has 0 unspecified atom stereocenters. The Morgan fingerprint density at radius 3 is 2.53 bits per heavy atom. The van der Waals surface area contributed by atoms with E-state index in [-0.39, 0.29) is 5.54 Å². The van der Waals surface area contributed by atoms with Gasteiger partial charge in [0.25, 0.3) is 0 Å². The van der Waals surface area contributed by atoms with Crippen LogP contribution in [0.4, 0.5) is 10.5 Å². The highest BCUT2D eigenvalue weighted by Gasteiger charge is 2.41. The van der Waals surface area contributed by atoms with Gasteiger partial charge in [0.05, 0.1) is 0 Å². The molecular formula is C14H19ClN2O2. The van der Waals surface area contributed by atoms with Crippen LogP contribution in [0.2, 0.25) is 5.02 Å². The number of halogens is 1. The maximum atomic E-state index is 11.6. The number of rotatable bonds is 2. The summed E-state index contributed by atoms with van der Waals surface area (Å²) in [5, 5.41) is 3.23. The van der Waals surface area contributed by atoms with Crippen LogP contribution in [-0.4, -0.2) is 11.7 Å². The Labute approximate surface area is 118 Å². The van der Waals surface area contributed by atoms with Crippen molar-refractivity contribution in [3.05, 3.63) is 28.8 Å². The number of hydrogen-bond donors (Lipinski definition) is 2. The Hall–Kier alpha value is -1.26. The molecule has 1 saturated carbocycles. The minimum atomic E-state index is -0.525. The lowest BCUT2D eigenvalue weighted by Crippen LogP contribution is -2.27. The number of benzene rings is 1. The molecule has 1 amide bonds. The Morgan fingerprint density at radius 1 is 1.42 bits per heavy atom. The van der Waals surface area contributed by atoms with E-state index in [0.717, 1.165) is 18.4 Å². The monoisotopic (exact) mass is 282 g/mol. The first-order valence-electron chi connectivity index (χ1n) is 6.29. The van der Waals surface area contributed by atoms with Crippen LogP contribution in [0, 0.1) is 0 Å². The van der Waals surface area contributed by atoms with E-state index >= 15 is 0 Å². The smallest absolute Gasteiger partial charge is 0.412 e. The van der Waals surface area contributed by atoms with Crippen LogP contribution in [0.1, 0.15) is 39.2 Å². The van der Waals surface area contributed by atoms with Crippen LogP contribution in [-0.2, 0) is 10.3 Å². The largest absolute Gasteiger partial charge is 0.444 e.